The van der Waals surface area contributed by atoms with Crippen LogP contribution in [0.5, 0.6) is 0 Å². The van der Waals surface area contributed by atoms with Crippen LogP contribution in [0, 0.1) is 0 Å². The SMILES string of the molecule is C=C[CH2][Zr]([Cl])([Cl])[CH2]C=C. The van der Waals surface area contributed by atoms with Crippen molar-refractivity contribution < 1.29 is 17.9 Å². The summed E-state index contributed by atoms with van der Waals surface area (Å²) in [7, 11) is 11.9. The van der Waals surface area contributed by atoms with Crippen molar-refractivity contribution in [1.29, 1.82) is 0 Å². The van der Waals surface area contributed by atoms with Crippen LogP contribution in [0.4, 0.5) is 0 Å². The number of hydrogen-bond acceptors (Lipinski definition) is 0. The fraction of sp³-hybridized carbons (Fsp3) is 0.333. The zero-order chi connectivity index (χ0) is 7.33. The molecule has 9 heavy (non-hydrogen) atoms. The second kappa shape index (κ2) is 4.71. The van der Waals surface area contributed by atoms with Crippen molar-refractivity contribution in [2.75, 3.05) is 0 Å². The van der Waals surface area contributed by atoms with E-state index in [0.29, 0.717) is 0 Å². The van der Waals surface area contributed by atoms with E-state index in [1.165, 1.54) is 0 Å². The van der Waals surface area contributed by atoms with Gasteiger partial charge in [0.25, 0.3) is 0 Å². The number of rotatable bonds is 4. The van der Waals surface area contributed by atoms with Gasteiger partial charge in [0.1, 0.15) is 0 Å². The number of allylic oxidation sites excluding steroid dienone is 2. The number of halogens is 2. The van der Waals surface area contributed by atoms with Gasteiger partial charge in [-0.25, -0.2) is 0 Å². The summed E-state index contributed by atoms with van der Waals surface area (Å²) >= 11 is -2.66. The Morgan fingerprint density at radius 2 is 1.44 bits per heavy atom. The van der Waals surface area contributed by atoms with Gasteiger partial charge in [-0.05, 0) is 0 Å². The van der Waals surface area contributed by atoms with Gasteiger partial charge >= 0.3 is 68.5 Å². The van der Waals surface area contributed by atoms with Crippen LogP contribution in [0.15, 0.2) is 25.3 Å². The molecule has 0 spiro atoms. The first-order valence-electron chi connectivity index (χ1n) is 2.72. The molecule has 3 heteroatoms. The molecule has 0 nitrogen and oxygen atoms in total. The summed E-state index contributed by atoms with van der Waals surface area (Å²) in [5.41, 5.74) is 0. The zero-order valence-corrected chi connectivity index (χ0v) is 9.21. The van der Waals surface area contributed by atoms with Crippen LogP contribution in [-0.4, -0.2) is 0 Å². The van der Waals surface area contributed by atoms with Crippen molar-refractivity contribution in [2.24, 2.45) is 0 Å². The number of hydrogen-bond donors (Lipinski definition) is 0. The fourth-order valence-electron chi connectivity index (χ4n) is 0.506. The Hall–Kier alpha value is 0.943. The normalized spacial score (nSPS) is 10.9. The average Bonchev–Trinajstić information content (AvgIpc) is 1.64. The Morgan fingerprint density at radius 1 is 1.11 bits per heavy atom. The third-order valence-electron chi connectivity index (χ3n) is 0.886. The monoisotopic (exact) mass is 242 g/mol. The predicted molar refractivity (Wildman–Crippen MR) is 41.7 cm³/mol. The Labute approximate surface area is 68.0 Å². The van der Waals surface area contributed by atoms with E-state index in [0.717, 1.165) is 8.26 Å². The van der Waals surface area contributed by atoms with E-state index in [2.05, 4.69) is 13.2 Å². The topological polar surface area (TPSA) is 0 Å². The quantitative estimate of drug-likeness (QED) is 0.662. The third-order valence-corrected chi connectivity index (χ3v) is 8.89. The van der Waals surface area contributed by atoms with Gasteiger partial charge in [-0.15, -0.1) is 0 Å². The minimum atomic E-state index is -2.66. The van der Waals surface area contributed by atoms with Gasteiger partial charge in [0, 0.05) is 0 Å². The minimum absolute atomic E-state index is 0.809. The first-order chi connectivity index (χ1) is 4.12. The molecule has 0 fully saturated rings. The summed E-state index contributed by atoms with van der Waals surface area (Å²) in [6, 6.07) is 0. The molecule has 0 rings (SSSR count). The molecule has 0 aromatic heterocycles. The molecule has 0 aliphatic rings. The maximum absolute atomic E-state index is 5.97. The molecule has 0 aromatic carbocycles. The van der Waals surface area contributed by atoms with E-state index >= 15 is 0 Å². The zero-order valence-electron chi connectivity index (χ0n) is 5.24. The van der Waals surface area contributed by atoms with Crippen LogP contribution in [0.25, 0.3) is 0 Å². The van der Waals surface area contributed by atoms with Gasteiger partial charge in [-0.3, -0.25) is 0 Å². The van der Waals surface area contributed by atoms with E-state index < -0.39 is 17.9 Å². The first-order valence-corrected chi connectivity index (χ1v) is 12.5. The molecule has 52 valence electrons. The third kappa shape index (κ3) is 5.39. The van der Waals surface area contributed by atoms with Crippen molar-refractivity contribution in [3.8, 4) is 0 Å². The molecule has 0 atom stereocenters. The van der Waals surface area contributed by atoms with Gasteiger partial charge in [-0.2, -0.15) is 0 Å². The molecule has 0 unspecified atom stereocenters. The fourth-order valence-corrected chi connectivity index (χ4v) is 5.57. The van der Waals surface area contributed by atoms with Crippen LogP contribution >= 0.6 is 17.0 Å². The molecular weight excluding hydrogens is 234 g/mol. The van der Waals surface area contributed by atoms with E-state index in [-0.39, 0.29) is 0 Å². The van der Waals surface area contributed by atoms with Gasteiger partial charge < -0.3 is 0 Å². The van der Waals surface area contributed by atoms with E-state index in [4.69, 9.17) is 17.0 Å². The Bertz CT molecular complexity index is 97.6. The van der Waals surface area contributed by atoms with Gasteiger partial charge in [0.15, 0.2) is 0 Å². The van der Waals surface area contributed by atoms with Crippen LogP contribution in [0.2, 0.25) is 8.26 Å². The van der Waals surface area contributed by atoms with Crippen molar-refractivity contribution in [2.45, 2.75) is 8.26 Å². The Balaban J connectivity index is 3.68. The average molecular weight is 244 g/mol. The molecule has 0 aromatic rings. The molecule has 0 heterocycles. The van der Waals surface area contributed by atoms with Gasteiger partial charge in [0.2, 0.25) is 0 Å². The summed E-state index contributed by atoms with van der Waals surface area (Å²) in [6.45, 7) is 7.15. The molecule has 0 saturated heterocycles. The van der Waals surface area contributed by atoms with Crippen LogP contribution < -0.4 is 0 Å². The summed E-state index contributed by atoms with van der Waals surface area (Å²) in [6.07, 6.45) is 3.58. The van der Waals surface area contributed by atoms with E-state index in [9.17, 15) is 0 Å². The van der Waals surface area contributed by atoms with Crippen molar-refractivity contribution in [1.82, 2.24) is 0 Å². The molecule has 0 saturated carbocycles. The molecule has 0 amide bonds. The molecule has 0 bridgehead atoms. The second-order valence-corrected chi connectivity index (χ2v) is 17.8. The van der Waals surface area contributed by atoms with Crippen LogP contribution in [0.3, 0.4) is 0 Å². The molecule has 0 aliphatic heterocycles. The molecular formula is C6H10Cl2Zr. The maximum atomic E-state index is 5.97. The second-order valence-electron chi connectivity index (χ2n) is 1.84. The summed E-state index contributed by atoms with van der Waals surface area (Å²) in [5.74, 6) is 0. The molecule has 0 radical (unpaired) electrons. The van der Waals surface area contributed by atoms with Crippen molar-refractivity contribution in [3.63, 3.8) is 0 Å². The molecule has 0 aliphatic carbocycles. The van der Waals surface area contributed by atoms with Crippen LogP contribution in [0.1, 0.15) is 0 Å². The Kier molecular flexibility index (Phi) is 5.21. The predicted octanol–water partition coefficient (Wildman–Crippen LogP) is 3.66. The summed E-state index contributed by atoms with van der Waals surface area (Å²) < 4.78 is 1.62. The van der Waals surface area contributed by atoms with Gasteiger partial charge in [0.05, 0.1) is 0 Å². The standard InChI is InChI=1S/2C3H5.2ClH.Zr/c2*1-3-2;;;/h2*3H,1-2H2;2*1H;/q;;;;+2/p-2. The van der Waals surface area contributed by atoms with E-state index in [1.807, 2.05) is 0 Å². The molecule has 0 N–H and O–H groups in total. The summed E-state index contributed by atoms with van der Waals surface area (Å²) in [5, 5.41) is 0. The van der Waals surface area contributed by atoms with Crippen LogP contribution in [-0.2, 0) is 17.9 Å². The van der Waals surface area contributed by atoms with Gasteiger partial charge in [-0.1, -0.05) is 0 Å². The van der Waals surface area contributed by atoms with Crippen molar-refractivity contribution >= 4 is 17.0 Å². The Morgan fingerprint density at radius 3 is 1.67 bits per heavy atom. The van der Waals surface area contributed by atoms with E-state index in [1.54, 1.807) is 12.2 Å². The first kappa shape index (κ1) is 9.94. The van der Waals surface area contributed by atoms with Crippen molar-refractivity contribution in [3.05, 3.63) is 25.3 Å². The summed E-state index contributed by atoms with van der Waals surface area (Å²) in [4.78, 5) is 0.